The van der Waals surface area contributed by atoms with Crippen molar-refractivity contribution in [2.45, 2.75) is 18.9 Å². The fourth-order valence-electron chi connectivity index (χ4n) is 1.92. The highest BCUT2D eigenvalue weighted by Crippen LogP contribution is 2.22. The molecule has 1 saturated heterocycles. The summed E-state index contributed by atoms with van der Waals surface area (Å²) in [6.07, 6.45) is 4.29. The molecule has 2 aromatic heterocycles. The summed E-state index contributed by atoms with van der Waals surface area (Å²) in [6, 6.07) is 1.79. The van der Waals surface area contributed by atoms with E-state index in [9.17, 15) is 0 Å². The van der Waals surface area contributed by atoms with Crippen LogP contribution in [0.2, 0.25) is 5.28 Å². The highest BCUT2D eigenvalue weighted by Gasteiger charge is 2.30. The first-order valence-corrected chi connectivity index (χ1v) is 6.30. The molecule has 0 spiro atoms. The second-order valence-corrected chi connectivity index (χ2v) is 5.00. The fourth-order valence-corrected chi connectivity index (χ4v) is 2.08. The Morgan fingerprint density at radius 1 is 1.42 bits per heavy atom. The van der Waals surface area contributed by atoms with Crippen molar-refractivity contribution in [3.05, 3.63) is 23.7 Å². The Morgan fingerprint density at radius 2 is 2.32 bits per heavy atom. The van der Waals surface area contributed by atoms with Gasteiger partial charge in [-0.25, -0.2) is 4.68 Å². The first kappa shape index (κ1) is 12.3. The van der Waals surface area contributed by atoms with Gasteiger partial charge in [-0.3, -0.25) is 0 Å². The van der Waals surface area contributed by atoms with Crippen LogP contribution in [0.1, 0.15) is 13.3 Å². The molecule has 19 heavy (non-hydrogen) atoms. The topological polar surface area (TPSA) is 77.8 Å². The summed E-state index contributed by atoms with van der Waals surface area (Å²) in [5, 5.41) is 7.45. The number of anilines is 1. The molecule has 7 nitrogen and oxygen atoms in total. The van der Waals surface area contributed by atoms with Gasteiger partial charge in [0.05, 0.1) is 12.1 Å². The van der Waals surface area contributed by atoms with Crippen molar-refractivity contribution in [2.24, 2.45) is 0 Å². The molecule has 0 aromatic carbocycles. The van der Waals surface area contributed by atoms with E-state index in [2.05, 4.69) is 32.3 Å². The Kier molecular flexibility index (Phi) is 3.08. The maximum absolute atomic E-state index is 5.92. The largest absolute Gasteiger partial charge is 0.379 e. The third-order valence-corrected chi connectivity index (χ3v) is 3.11. The Bertz CT molecular complexity index is 567. The molecule has 1 fully saturated rings. The Morgan fingerprint density at radius 3 is 3.00 bits per heavy atom. The van der Waals surface area contributed by atoms with Crippen LogP contribution in [-0.4, -0.2) is 43.5 Å². The first-order valence-electron chi connectivity index (χ1n) is 5.92. The van der Waals surface area contributed by atoms with Crippen LogP contribution in [-0.2, 0) is 4.74 Å². The van der Waals surface area contributed by atoms with Gasteiger partial charge in [0.25, 0.3) is 5.95 Å². The van der Waals surface area contributed by atoms with E-state index in [-0.39, 0.29) is 10.8 Å². The minimum atomic E-state index is -0.175. The zero-order chi connectivity index (χ0) is 13.3. The lowest BCUT2D eigenvalue weighted by atomic mass is 10.0. The summed E-state index contributed by atoms with van der Waals surface area (Å²) in [5.74, 6) is 0.813. The van der Waals surface area contributed by atoms with Gasteiger partial charge in [-0.1, -0.05) is 0 Å². The summed E-state index contributed by atoms with van der Waals surface area (Å²) < 4.78 is 6.91. The molecule has 1 N–H and O–H groups in total. The monoisotopic (exact) mass is 280 g/mol. The van der Waals surface area contributed by atoms with Crippen molar-refractivity contribution >= 4 is 17.5 Å². The number of nitrogens with zero attached hydrogens (tertiary/aromatic N) is 5. The summed E-state index contributed by atoms with van der Waals surface area (Å²) in [4.78, 5) is 12.4. The molecule has 0 bridgehead atoms. The van der Waals surface area contributed by atoms with E-state index in [1.54, 1.807) is 18.5 Å². The average molecular weight is 281 g/mol. The van der Waals surface area contributed by atoms with Crippen LogP contribution in [0.5, 0.6) is 0 Å². The van der Waals surface area contributed by atoms with Crippen molar-refractivity contribution < 1.29 is 4.74 Å². The lowest BCUT2D eigenvalue weighted by Gasteiger charge is -2.23. The molecule has 1 aliphatic heterocycles. The van der Waals surface area contributed by atoms with Crippen molar-refractivity contribution in [2.75, 3.05) is 18.5 Å². The van der Waals surface area contributed by atoms with Gasteiger partial charge in [-0.05, 0) is 31.0 Å². The molecule has 1 atom stereocenters. The van der Waals surface area contributed by atoms with E-state index in [0.717, 1.165) is 13.0 Å². The van der Waals surface area contributed by atoms with E-state index in [0.29, 0.717) is 18.5 Å². The van der Waals surface area contributed by atoms with Crippen molar-refractivity contribution in [3.8, 4) is 5.95 Å². The van der Waals surface area contributed by atoms with E-state index in [4.69, 9.17) is 16.3 Å². The molecular formula is C11H13ClN6O. The molecule has 8 heteroatoms. The minimum Gasteiger partial charge on any atom is -0.379 e. The molecule has 1 unspecified atom stereocenters. The normalized spacial score (nSPS) is 22.6. The molecule has 0 radical (unpaired) electrons. The quantitative estimate of drug-likeness (QED) is 0.913. The second-order valence-electron chi connectivity index (χ2n) is 4.67. The van der Waals surface area contributed by atoms with Gasteiger partial charge in [0, 0.05) is 19.0 Å². The van der Waals surface area contributed by atoms with Crippen LogP contribution in [0.3, 0.4) is 0 Å². The summed E-state index contributed by atoms with van der Waals surface area (Å²) in [5.41, 5.74) is -0.175. The van der Waals surface area contributed by atoms with Gasteiger partial charge in [-0.15, -0.1) is 0 Å². The fraction of sp³-hybridized carbons (Fsp3) is 0.455. The van der Waals surface area contributed by atoms with Gasteiger partial charge in [0.2, 0.25) is 11.2 Å². The molecular weight excluding hydrogens is 268 g/mol. The Balaban J connectivity index is 1.90. The molecule has 0 aliphatic carbocycles. The number of hydrogen-bond acceptors (Lipinski definition) is 6. The highest BCUT2D eigenvalue weighted by molar-refractivity contribution is 6.28. The van der Waals surface area contributed by atoms with Gasteiger partial charge in [-0.2, -0.15) is 20.1 Å². The van der Waals surface area contributed by atoms with E-state index < -0.39 is 0 Å². The lowest BCUT2D eigenvalue weighted by Crippen LogP contribution is -2.36. The van der Waals surface area contributed by atoms with Crippen LogP contribution in [0.15, 0.2) is 18.5 Å². The van der Waals surface area contributed by atoms with E-state index >= 15 is 0 Å². The maximum Gasteiger partial charge on any atom is 0.256 e. The van der Waals surface area contributed by atoms with Gasteiger partial charge in [0.1, 0.15) is 0 Å². The van der Waals surface area contributed by atoms with Crippen molar-refractivity contribution in [1.29, 1.82) is 0 Å². The molecule has 1 aliphatic rings. The summed E-state index contributed by atoms with van der Waals surface area (Å²) >= 11 is 5.92. The standard InChI is InChI=1S/C11H13ClN6O/c1-11(3-6-19-7-11)17-9-14-8(12)15-10(16-9)18-5-2-4-13-18/h2,4-5H,3,6-7H2,1H3,(H,14,15,16,17). The molecule has 100 valence electrons. The SMILES string of the molecule is CC1(Nc2nc(Cl)nc(-n3cccn3)n2)CCOC1. The molecule has 0 saturated carbocycles. The minimum absolute atomic E-state index is 0.130. The Labute approximate surface area is 115 Å². The predicted molar refractivity (Wildman–Crippen MR) is 69.4 cm³/mol. The van der Waals surface area contributed by atoms with Gasteiger partial charge in [0.15, 0.2) is 0 Å². The summed E-state index contributed by atoms with van der Waals surface area (Å²) in [6.45, 7) is 3.41. The van der Waals surface area contributed by atoms with Crippen molar-refractivity contribution in [1.82, 2.24) is 24.7 Å². The van der Waals surface area contributed by atoms with Crippen LogP contribution >= 0.6 is 11.6 Å². The number of halogens is 1. The highest BCUT2D eigenvalue weighted by atomic mass is 35.5. The molecule has 3 heterocycles. The van der Waals surface area contributed by atoms with E-state index in [1.807, 2.05) is 0 Å². The zero-order valence-electron chi connectivity index (χ0n) is 10.4. The van der Waals surface area contributed by atoms with E-state index in [1.165, 1.54) is 4.68 Å². The Hall–Kier alpha value is -1.73. The maximum atomic E-state index is 5.92. The van der Waals surface area contributed by atoms with Gasteiger partial charge < -0.3 is 10.1 Å². The third kappa shape index (κ3) is 2.66. The number of rotatable bonds is 3. The van der Waals surface area contributed by atoms with Crippen LogP contribution in [0, 0.1) is 0 Å². The first-order chi connectivity index (χ1) is 9.15. The second kappa shape index (κ2) is 4.75. The molecule has 2 aromatic rings. The smallest absolute Gasteiger partial charge is 0.256 e. The number of aromatic nitrogens is 5. The summed E-state index contributed by atoms with van der Waals surface area (Å²) in [7, 11) is 0. The van der Waals surface area contributed by atoms with Crippen LogP contribution in [0.4, 0.5) is 5.95 Å². The zero-order valence-corrected chi connectivity index (χ0v) is 11.1. The average Bonchev–Trinajstić information content (AvgIpc) is 2.99. The molecule has 3 rings (SSSR count). The number of hydrogen-bond donors (Lipinski definition) is 1. The third-order valence-electron chi connectivity index (χ3n) is 2.94. The predicted octanol–water partition coefficient (Wildman–Crippen LogP) is 1.30. The van der Waals surface area contributed by atoms with Crippen molar-refractivity contribution in [3.63, 3.8) is 0 Å². The molecule has 0 amide bonds. The number of nitrogens with one attached hydrogen (secondary N) is 1. The van der Waals surface area contributed by atoms with Crippen LogP contribution in [0.25, 0.3) is 5.95 Å². The lowest BCUT2D eigenvalue weighted by molar-refractivity contribution is 0.185. The number of ether oxygens (including phenoxy) is 1. The van der Waals surface area contributed by atoms with Crippen LogP contribution < -0.4 is 5.32 Å². The van der Waals surface area contributed by atoms with Gasteiger partial charge >= 0.3 is 0 Å².